The molecule has 0 unspecified atom stereocenters. The molecule has 0 radical (unpaired) electrons. The average molecular weight is 529 g/mol. The maximum absolute atomic E-state index is 13.4. The third-order valence-corrected chi connectivity index (χ3v) is 12.6. The fourth-order valence-electron chi connectivity index (χ4n) is 7.24. The van der Waals surface area contributed by atoms with E-state index in [2.05, 4.69) is 133 Å². The second kappa shape index (κ2) is 7.99. The normalized spacial score (nSPS) is 13.0. The van der Waals surface area contributed by atoms with Gasteiger partial charge in [0.1, 0.15) is 0 Å². The summed E-state index contributed by atoms with van der Waals surface area (Å²) in [6, 6.07) is 50.0. The minimum absolute atomic E-state index is 1.00. The average Bonchev–Trinajstić information content (AvgIpc) is 3.02. The van der Waals surface area contributed by atoms with Crippen LogP contribution in [0.1, 0.15) is 0 Å². The van der Waals surface area contributed by atoms with Crippen molar-refractivity contribution in [3.63, 3.8) is 0 Å². The van der Waals surface area contributed by atoms with Crippen molar-refractivity contribution in [2.75, 3.05) is 0 Å². The summed E-state index contributed by atoms with van der Waals surface area (Å²) < 4.78 is 0. The summed E-state index contributed by atoms with van der Waals surface area (Å²) >= 11 is 0. The van der Waals surface area contributed by atoms with E-state index in [0.717, 1.165) is 26.7 Å². The van der Waals surface area contributed by atoms with E-state index in [1.165, 1.54) is 53.9 Å². The molecule has 0 aliphatic rings. The van der Waals surface area contributed by atoms with Crippen LogP contribution in [0.5, 0.6) is 0 Å². The van der Waals surface area contributed by atoms with Gasteiger partial charge in [-0.15, -0.1) is 0 Å². The molecule has 0 aromatic heterocycles. The van der Waals surface area contributed by atoms with Crippen molar-refractivity contribution in [2.45, 2.75) is 0 Å². The topological polar surface area (TPSA) is 20.2 Å². The van der Waals surface area contributed by atoms with Crippen LogP contribution < -0.4 is 15.9 Å². The molecule has 1 N–H and O–H groups in total. The van der Waals surface area contributed by atoms with E-state index in [1.54, 1.807) is 0 Å². The van der Waals surface area contributed by atoms with E-state index >= 15 is 0 Å². The molecule has 0 spiro atoms. The number of hydrogen-bond acceptors (Lipinski definition) is 1. The van der Waals surface area contributed by atoms with E-state index < -0.39 is 7.49 Å². The van der Waals surface area contributed by atoms with Crippen molar-refractivity contribution in [3.8, 4) is 0 Å². The Labute approximate surface area is 232 Å². The van der Waals surface area contributed by atoms with Crippen LogP contribution >= 0.6 is 7.49 Å². The van der Waals surface area contributed by atoms with Crippen LogP contribution in [0.25, 0.3) is 64.6 Å². The van der Waals surface area contributed by atoms with Gasteiger partial charge in [-0.1, -0.05) is 0 Å². The summed E-state index contributed by atoms with van der Waals surface area (Å²) in [6.45, 7) is 0. The number of rotatable bonds is 3. The molecule has 0 fully saturated rings. The first-order valence-corrected chi connectivity index (χ1v) is 15.8. The maximum atomic E-state index is 13.4. The molecule has 9 aromatic carbocycles. The van der Waals surface area contributed by atoms with Gasteiger partial charge in [0, 0.05) is 0 Å². The Bertz CT molecular complexity index is 2210. The molecule has 0 saturated carbocycles. The van der Waals surface area contributed by atoms with Gasteiger partial charge >= 0.3 is 232 Å². The van der Waals surface area contributed by atoms with Gasteiger partial charge in [-0.05, 0) is 0 Å². The third-order valence-electron chi connectivity index (χ3n) is 9.03. The molecule has 1 nitrogen and oxygen atoms in total. The van der Waals surface area contributed by atoms with Crippen molar-refractivity contribution in [2.24, 2.45) is 0 Å². The standard InChI is InChI=1S/C38H25OP/c39-40(30-10-2-1-3-11-30,33-22-18-28-14-12-24-6-4-8-26-16-20-31(33)37(28)35(24)26)34-23-19-29-15-13-25-7-5-9-27-17-21-32(34)38(29)36(25)27/h1-23,39-40H. The van der Waals surface area contributed by atoms with Gasteiger partial charge < -0.3 is 0 Å². The summed E-state index contributed by atoms with van der Waals surface area (Å²) in [4.78, 5) is 13.4. The van der Waals surface area contributed by atoms with Crippen LogP contribution in [-0.4, -0.2) is 4.89 Å². The van der Waals surface area contributed by atoms with Gasteiger partial charge in [0.15, 0.2) is 0 Å². The van der Waals surface area contributed by atoms with Crippen molar-refractivity contribution in [1.82, 2.24) is 0 Å². The Balaban J connectivity index is 1.46. The second-order valence-corrected chi connectivity index (χ2v) is 14.1. The summed E-state index contributed by atoms with van der Waals surface area (Å²) in [5.74, 6) is 0. The van der Waals surface area contributed by atoms with Gasteiger partial charge in [-0.25, -0.2) is 0 Å². The molecule has 0 saturated heterocycles. The molecule has 40 heavy (non-hydrogen) atoms. The molecular weight excluding hydrogens is 503 g/mol. The summed E-state index contributed by atoms with van der Waals surface area (Å²) in [5.41, 5.74) is 0. The molecule has 0 atom stereocenters. The van der Waals surface area contributed by atoms with E-state index in [1.807, 2.05) is 6.07 Å². The predicted octanol–water partition coefficient (Wildman–Crippen LogP) is 8.41. The SMILES string of the molecule is O[PH](c1ccccc1)(c1ccc2ccc3cccc4ccc1c2c34)c1ccc2ccc3cccc4ccc1c2c34. The summed E-state index contributed by atoms with van der Waals surface area (Å²) in [6.07, 6.45) is 0. The van der Waals surface area contributed by atoms with E-state index in [-0.39, 0.29) is 0 Å². The van der Waals surface area contributed by atoms with Crippen LogP contribution in [0.4, 0.5) is 0 Å². The van der Waals surface area contributed by atoms with Crippen molar-refractivity contribution < 1.29 is 4.89 Å². The first-order chi connectivity index (χ1) is 19.7. The zero-order chi connectivity index (χ0) is 26.4. The quantitative estimate of drug-likeness (QED) is 0.180. The Morgan fingerprint density at radius 1 is 0.325 bits per heavy atom. The molecule has 0 aliphatic carbocycles. The van der Waals surface area contributed by atoms with Crippen molar-refractivity contribution >= 4 is 88.0 Å². The first-order valence-electron chi connectivity index (χ1n) is 13.8. The zero-order valence-electron chi connectivity index (χ0n) is 21.7. The Morgan fingerprint density at radius 2 is 0.700 bits per heavy atom. The Morgan fingerprint density at radius 3 is 1.15 bits per heavy atom. The summed E-state index contributed by atoms with van der Waals surface area (Å²) in [5, 5.41) is 17.8. The summed E-state index contributed by atoms with van der Waals surface area (Å²) in [7, 11) is -3.46. The van der Waals surface area contributed by atoms with Crippen LogP contribution in [0.15, 0.2) is 140 Å². The molecule has 0 aliphatic heterocycles. The van der Waals surface area contributed by atoms with Crippen molar-refractivity contribution in [3.05, 3.63) is 140 Å². The van der Waals surface area contributed by atoms with Crippen LogP contribution in [0.3, 0.4) is 0 Å². The van der Waals surface area contributed by atoms with Crippen LogP contribution in [-0.2, 0) is 0 Å². The second-order valence-electron chi connectivity index (χ2n) is 11.0. The van der Waals surface area contributed by atoms with Gasteiger partial charge in [-0.2, -0.15) is 0 Å². The fraction of sp³-hybridized carbons (Fsp3) is 0. The molecule has 2 heteroatoms. The van der Waals surface area contributed by atoms with Crippen LogP contribution in [0.2, 0.25) is 0 Å². The first kappa shape index (κ1) is 22.3. The Kier molecular flexibility index (Phi) is 4.45. The van der Waals surface area contributed by atoms with E-state index in [9.17, 15) is 4.89 Å². The van der Waals surface area contributed by atoms with Gasteiger partial charge in [0.05, 0.1) is 0 Å². The van der Waals surface area contributed by atoms with E-state index in [4.69, 9.17) is 0 Å². The fourth-order valence-corrected chi connectivity index (χ4v) is 10.7. The van der Waals surface area contributed by atoms with E-state index in [0.29, 0.717) is 0 Å². The molecule has 9 aromatic rings. The molecular formula is C38H25OP. The zero-order valence-corrected chi connectivity index (χ0v) is 22.7. The molecule has 9 rings (SSSR count). The number of hydrogen-bond donors (Lipinski definition) is 1. The van der Waals surface area contributed by atoms with Gasteiger partial charge in [0.25, 0.3) is 0 Å². The predicted molar refractivity (Wildman–Crippen MR) is 176 cm³/mol. The van der Waals surface area contributed by atoms with Crippen LogP contribution in [0, 0.1) is 0 Å². The minimum atomic E-state index is -3.46. The molecule has 0 heterocycles. The third kappa shape index (κ3) is 2.84. The Hall–Kier alpha value is -4.55. The number of benzene rings is 9. The monoisotopic (exact) mass is 528 g/mol. The molecule has 188 valence electrons. The molecule has 0 bridgehead atoms. The van der Waals surface area contributed by atoms with Crippen molar-refractivity contribution in [1.29, 1.82) is 0 Å². The van der Waals surface area contributed by atoms with Gasteiger partial charge in [-0.3, -0.25) is 0 Å². The molecule has 0 amide bonds. The van der Waals surface area contributed by atoms with Gasteiger partial charge in [0.2, 0.25) is 0 Å².